The van der Waals surface area contributed by atoms with Crippen molar-refractivity contribution in [2.24, 2.45) is 0 Å². The molecule has 0 aliphatic heterocycles. The number of alkyl halides is 3. The first-order valence-corrected chi connectivity index (χ1v) is 4.16. The van der Waals surface area contributed by atoms with Crippen LogP contribution in [-0.2, 0) is 5.88 Å². The third kappa shape index (κ3) is 2.25. The van der Waals surface area contributed by atoms with Crippen molar-refractivity contribution in [2.45, 2.75) is 12.3 Å². The summed E-state index contributed by atoms with van der Waals surface area (Å²) in [5.41, 5.74) is -0.538. The zero-order valence-electron chi connectivity index (χ0n) is 6.20. The van der Waals surface area contributed by atoms with Gasteiger partial charge in [-0.2, -0.15) is 4.39 Å². The van der Waals surface area contributed by atoms with Crippen LogP contribution in [-0.4, -0.2) is 4.98 Å². The second-order valence-corrected chi connectivity index (χ2v) is 2.89. The fourth-order valence-electron chi connectivity index (χ4n) is 0.797. The minimum atomic E-state index is -2.83. The van der Waals surface area contributed by atoms with E-state index in [0.717, 1.165) is 6.07 Å². The molecule has 0 unspecified atom stereocenters. The number of rotatable bonds is 2. The van der Waals surface area contributed by atoms with Gasteiger partial charge in [0, 0.05) is 5.56 Å². The highest BCUT2D eigenvalue weighted by atomic mass is 35.5. The maximum Gasteiger partial charge on any atom is 0.265 e. The van der Waals surface area contributed by atoms with Crippen molar-refractivity contribution in [1.29, 1.82) is 0 Å². The third-order valence-electron chi connectivity index (χ3n) is 1.37. The van der Waals surface area contributed by atoms with Crippen LogP contribution in [0.1, 0.15) is 17.7 Å². The molecule has 0 atom stereocenters. The summed E-state index contributed by atoms with van der Waals surface area (Å²) >= 11 is 10.6. The van der Waals surface area contributed by atoms with E-state index in [9.17, 15) is 13.2 Å². The van der Waals surface area contributed by atoms with Gasteiger partial charge in [-0.3, -0.25) is 0 Å². The lowest BCUT2D eigenvalue weighted by atomic mass is 10.2. The summed E-state index contributed by atoms with van der Waals surface area (Å²) in [5.74, 6) is -1.25. The smallest absolute Gasteiger partial charge is 0.222 e. The van der Waals surface area contributed by atoms with E-state index in [1.165, 1.54) is 0 Å². The Morgan fingerprint density at radius 2 is 2.08 bits per heavy atom. The van der Waals surface area contributed by atoms with Crippen molar-refractivity contribution < 1.29 is 13.2 Å². The fourth-order valence-corrected chi connectivity index (χ4v) is 1.11. The van der Waals surface area contributed by atoms with Crippen molar-refractivity contribution in [3.63, 3.8) is 0 Å². The average Bonchev–Trinajstić information content (AvgIpc) is 2.09. The van der Waals surface area contributed by atoms with Gasteiger partial charge in [-0.05, 0) is 6.07 Å². The molecule has 72 valence electrons. The minimum absolute atomic E-state index is 0.0406. The first kappa shape index (κ1) is 10.6. The fraction of sp³-hybridized carbons (Fsp3) is 0.286. The second-order valence-electron chi connectivity index (χ2n) is 2.24. The summed E-state index contributed by atoms with van der Waals surface area (Å²) in [6.07, 6.45) is -2.83. The van der Waals surface area contributed by atoms with E-state index in [0.29, 0.717) is 0 Å². The number of nitrogens with zero attached hydrogens (tertiary/aromatic N) is 1. The number of hydrogen-bond acceptors (Lipinski definition) is 1. The normalized spacial score (nSPS) is 10.9. The van der Waals surface area contributed by atoms with Crippen LogP contribution in [0.4, 0.5) is 13.2 Å². The molecule has 0 fully saturated rings. The molecule has 0 aromatic carbocycles. The summed E-state index contributed by atoms with van der Waals surface area (Å²) in [5, 5.41) is -0.649. The Balaban J connectivity index is 3.25. The molecule has 1 aromatic rings. The molecule has 1 nitrogen and oxygen atoms in total. The van der Waals surface area contributed by atoms with E-state index in [1.807, 2.05) is 0 Å². The molecule has 0 bridgehead atoms. The Kier molecular flexibility index (Phi) is 3.39. The zero-order valence-corrected chi connectivity index (χ0v) is 7.71. The first-order valence-electron chi connectivity index (χ1n) is 3.25. The van der Waals surface area contributed by atoms with Crippen LogP contribution in [0, 0.1) is 5.95 Å². The molecule has 0 N–H and O–H groups in total. The molecule has 0 radical (unpaired) electrons. The Morgan fingerprint density at radius 1 is 1.46 bits per heavy atom. The summed E-state index contributed by atoms with van der Waals surface area (Å²) in [7, 11) is 0. The molecule has 0 spiro atoms. The average molecular weight is 230 g/mol. The number of aromatic nitrogens is 1. The lowest BCUT2D eigenvalue weighted by Gasteiger charge is -2.04. The highest BCUT2D eigenvalue weighted by Gasteiger charge is 2.17. The van der Waals surface area contributed by atoms with Crippen molar-refractivity contribution in [1.82, 2.24) is 4.98 Å². The predicted molar refractivity (Wildman–Crippen MR) is 43.7 cm³/mol. The molecule has 1 aromatic heterocycles. The summed E-state index contributed by atoms with van der Waals surface area (Å²) in [4.78, 5) is 3.27. The van der Waals surface area contributed by atoms with Crippen molar-refractivity contribution in [2.75, 3.05) is 0 Å². The third-order valence-corrected chi connectivity index (χ3v) is 2.02. The van der Waals surface area contributed by atoms with Gasteiger partial charge in [-0.1, -0.05) is 11.6 Å². The van der Waals surface area contributed by atoms with E-state index in [1.54, 1.807) is 0 Å². The molecule has 0 aliphatic rings. The van der Waals surface area contributed by atoms with Gasteiger partial charge in [0.05, 0.1) is 11.6 Å². The van der Waals surface area contributed by atoms with Gasteiger partial charge in [-0.15, -0.1) is 11.6 Å². The summed E-state index contributed by atoms with van der Waals surface area (Å²) < 4.78 is 37.2. The molecular weight excluding hydrogens is 226 g/mol. The first-order chi connectivity index (χ1) is 6.06. The molecule has 1 rings (SSSR count). The molecular formula is C7H4Cl2F3N. The maximum absolute atomic E-state index is 12.8. The van der Waals surface area contributed by atoms with Crippen LogP contribution >= 0.6 is 23.2 Å². The van der Waals surface area contributed by atoms with Gasteiger partial charge in [-0.25, -0.2) is 13.8 Å². The molecule has 0 saturated heterocycles. The van der Waals surface area contributed by atoms with Gasteiger partial charge in [0.1, 0.15) is 5.02 Å². The van der Waals surface area contributed by atoms with Crippen molar-refractivity contribution >= 4 is 23.2 Å². The number of hydrogen-bond donors (Lipinski definition) is 0. The monoisotopic (exact) mass is 229 g/mol. The van der Waals surface area contributed by atoms with E-state index < -0.39 is 23.0 Å². The lowest BCUT2D eigenvalue weighted by molar-refractivity contribution is 0.150. The lowest BCUT2D eigenvalue weighted by Crippen LogP contribution is -1.97. The van der Waals surface area contributed by atoms with E-state index in [4.69, 9.17) is 23.2 Å². The van der Waals surface area contributed by atoms with Crippen molar-refractivity contribution in [3.8, 4) is 0 Å². The van der Waals surface area contributed by atoms with Gasteiger partial charge in [0.15, 0.2) is 0 Å². The topological polar surface area (TPSA) is 12.9 Å². The highest BCUT2D eigenvalue weighted by Crippen LogP contribution is 2.29. The maximum atomic E-state index is 12.8. The number of halogens is 5. The zero-order chi connectivity index (χ0) is 10.0. The van der Waals surface area contributed by atoms with Crippen LogP contribution in [0.5, 0.6) is 0 Å². The number of pyridine rings is 1. The van der Waals surface area contributed by atoms with E-state index in [2.05, 4.69) is 4.98 Å². The second kappa shape index (κ2) is 4.15. The van der Waals surface area contributed by atoms with Crippen LogP contribution in [0.3, 0.4) is 0 Å². The van der Waals surface area contributed by atoms with Crippen molar-refractivity contribution in [3.05, 3.63) is 28.3 Å². The quantitative estimate of drug-likeness (QED) is 0.559. The Labute approximate surface area is 82.5 Å². The highest BCUT2D eigenvalue weighted by molar-refractivity contribution is 6.31. The van der Waals surface area contributed by atoms with Gasteiger partial charge in [0.2, 0.25) is 5.95 Å². The van der Waals surface area contributed by atoms with E-state index in [-0.39, 0.29) is 11.6 Å². The standard InChI is InChI=1S/C7H4Cl2F3N/c8-2-3-1-4(6(10)11)5(9)7(12)13-3/h1,6H,2H2. The molecule has 0 aliphatic carbocycles. The minimum Gasteiger partial charge on any atom is -0.222 e. The molecule has 6 heteroatoms. The van der Waals surface area contributed by atoms with Gasteiger partial charge in [0.25, 0.3) is 6.43 Å². The Morgan fingerprint density at radius 3 is 2.54 bits per heavy atom. The van der Waals surface area contributed by atoms with Crippen LogP contribution in [0.2, 0.25) is 5.02 Å². The largest absolute Gasteiger partial charge is 0.265 e. The molecule has 13 heavy (non-hydrogen) atoms. The van der Waals surface area contributed by atoms with Crippen LogP contribution < -0.4 is 0 Å². The van der Waals surface area contributed by atoms with Gasteiger partial charge < -0.3 is 0 Å². The SMILES string of the molecule is Fc1nc(CCl)cc(C(F)F)c1Cl. The van der Waals surface area contributed by atoms with Gasteiger partial charge >= 0.3 is 0 Å². The molecule has 0 amide bonds. The Bertz CT molecular complexity index is 317. The van der Waals surface area contributed by atoms with Crippen LogP contribution in [0.25, 0.3) is 0 Å². The predicted octanol–water partition coefficient (Wildman–Crippen LogP) is 3.55. The summed E-state index contributed by atoms with van der Waals surface area (Å²) in [6, 6.07) is 0.989. The Hall–Kier alpha value is -0.480. The molecule has 1 heterocycles. The molecule has 0 saturated carbocycles. The van der Waals surface area contributed by atoms with E-state index >= 15 is 0 Å². The summed E-state index contributed by atoms with van der Waals surface area (Å²) in [6.45, 7) is 0. The van der Waals surface area contributed by atoms with Crippen LogP contribution in [0.15, 0.2) is 6.07 Å².